The van der Waals surface area contributed by atoms with Gasteiger partial charge in [0.15, 0.2) is 0 Å². The van der Waals surface area contributed by atoms with E-state index in [2.05, 4.69) is 9.97 Å². The van der Waals surface area contributed by atoms with Crippen molar-refractivity contribution in [3.8, 4) is 11.5 Å². The zero-order valence-electron chi connectivity index (χ0n) is 9.78. The van der Waals surface area contributed by atoms with Gasteiger partial charge < -0.3 is 4.42 Å². The van der Waals surface area contributed by atoms with Crippen molar-refractivity contribution in [3.63, 3.8) is 0 Å². The van der Waals surface area contributed by atoms with Crippen LogP contribution in [-0.4, -0.2) is 9.97 Å². The number of nitrogens with zero attached hydrogens (tertiary/aromatic N) is 2. The molecule has 1 aromatic carbocycles. The smallest absolute Gasteiger partial charge is 0.417 e. The Morgan fingerprint density at radius 3 is 2.40 bits per heavy atom. The number of rotatable bonds is 1. The Bertz CT molecular complexity index is 762. The van der Waals surface area contributed by atoms with Gasteiger partial charge in [0, 0.05) is 11.8 Å². The van der Waals surface area contributed by atoms with Crippen molar-refractivity contribution in [2.45, 2.75) is 6.18 Å². The fraction of sp³-hybridized carbons (Fsp3) is 0.0769. The summed E-state index contributed by atoms with van der Waals surface area (Å²) in [5, 5.41) is 0. The maximum absolute atomic E-state index is 12.8. The van der Waals surface area contributed by atoms with E-state index >= 15 is 0 Å². The molecule has 3 nitrogen and oxygen atoms in total. The van der Waals surface area contributed by atoms with Gasteiger partial charge in [-0.05, 0) is 30.3 Å². The van der Waals surface area contributed by atoms with Crippen LogP contribution in [0.3, 0.4) is 0 Å². The number of halogens is 4. The number of aromatic nitrogens is 2. The van der Waals surface area contributed by atoms with Crippen molar-refractivity contribution >= 4 is 11.2 Å². The molecule has 20 heavy (non-hydrogen) atoms. The summed E-state index contributed by atoms with van der Waals surface area (Å²) in [5.41, 5.74) is -0.446. The Kier molecular flexibility index (Phi) is 2.70. The number of alkyl halides is 3. The molecule has 0 N–H and O–H groups in total. The fourth-order valence-electron chi connectivity index (χ4n) is 1.69. The standard InChI is InChI=1S/C13H6F4N2O/c14-9-3-1-7(2-4-9)11-19-10-5-8(13(15,16)17)6-18-12(10)20-11/h1-6H. The molecule has 0 bridgehead atoms. The average Bonchev–Trinajstić information content (AvgIpc) is 2.81. The second kappa shape index (κ2) is 4.29. The topological polar surface area (TPSA) is 38.9 Å². The molecule has 3 rings (SSSR count). The molecule has 0 amide bonds. The molecule has 0 saturated heterocycles. The summed E-state index contributed by atoms with van der Waals surface area (Å²) in [6.07, 6.45) is -3.81. The highest BCUT2D eigenvalue weighted by atomic mass is 19.4. The van der Waals surface area contributed by atoms with Crippen LogP contribution in [0.1, 0.15) is 5.56 Å². The lowest BCUT2D eigenvalue weighted by molar-refractivity contribution is -0.137. The second-order valence-corrected chi connectivity index (χ2v) is 4.07. The van der Waals surface area contributed by atoms with Gasteiger partial charge in [-0.25, -0.2) is 14.4 Å². The van der Waals surface area contributed by atoms with Gasteiger partial charge in [-0.15, -0.1) is 0 Å². The van der Waals surface area contributed by atoms with E-state index in [1.807, 2.05) is 0 Å². The largest absolute Gasteiger partial charge is 0.418 e. The minimum Gasteiger partial charge on any atom is -0.418 e. The van der Waals surface area contributed by atoms with Crippen molar-refractivity contribution in [1.29, 1.82) is 0 Å². The Labute approximate surface area is 109 Å². The van der Waals surface area contributed by atoms with Crippen molar-refractivity contribution in [1.82, 2.24) is 9.97 Å². The molecule has 0 aliphatic rings. The zero-order chi connectivity index (χ0) is 14.3. The summed E-state index contributed by atoms with van der Waals surface area (Å²) in [6, 6.07) is 6.12. The van der Waals surface area contributed by atoms with E-state index in [-0.39, 0.29) is 17.1 Å². The number of oxazole rings is 1. The maximum Gasteiger partial charge on any atom is 0.417 e. The minimum atomic E-state index is -4.49. The molecule has 0 unspecified atom stereocenters. The van der Waals surface area contributed by atoms with Gasteiger partial charge in [0.2, 0.25) is 11.6 Å². The van der Waals surface area contributed by atoms with Crippen LogP contribution in [0, 0.1) is 5.82 Å². The molecule has 0 atom stereocenters. The molecule has 0 fully saturated rings. The SMILES string of the molecule is Fc1ccc(-c2nc3cc(C(F)(F)F)cnc3o2)cc1. The Morgan fingerprint density at radius 2 is 1.75 bits per heavy atom. The third-order valence-corrected chi connectivity index (χ3v) is 2.67. The van der Waals surface area contributed by atoms with E-state index in [1.54, 1.807) is 0 Å². The number of pyridine rings is 1. The first kappa shape index (κ1) is 12.6. The van der Waals surface area contributed by atoms with Gasteiger partial charge in [0.25, 0.3) is 0 Å². The van der Waals surface area contributed by atoms with Crippen LogP contribution >= 0.6 is 0 Å². The lowest BCUT2D eigenvalue weighted by atomic mass is 10.2. The number of hydrogen-bond acceptors (Lipinski definition) is 3. The van der Waals surface area contributed by atoms with E-state index in [4.69, 9.17) is 4.42 Å². The maximum atomic E-state index is 12.8. The van der Waals surface area contributed by atoms with Crippen molar-refractivity contribution < 1.29 is 22.0 Å². The highest BCUT2D eigenvalue weighted by Crippen LogP contribution is 2.31. The van der Waals surface area contributed by atoms with Gasteiger partial charge in [-0.1, -0.05) is 0 Å². The molecule has 2 heterocycles. The molecule has 2 aromatic heterocycles. The Hall–Kier alpha value is -2.44. The van der Waals surface area contributed by atoms with Crippen molar-refractivity contribution in [2.75, 3.05) is 0 Å². The Balaban J connectivity index is 2.09. The first-order valence-electron chi connectivity index (χ1n) is 5.53. The molecule has 0 saturated carbocycles. The highest BCUT2D eigenvalue weighted by Gasteiger charge is 2.31. The third-order valence-electron chi connectivity index (χ3n) is 2.67. The van der Waals surface area contributed by atoms with E-state index in [9.17, 15) is 17.6 Å². The second-order valence-electron chi connectivity index (χ2n) is 4.07. The van der Waals surface area contributed by atoms with Gasteiger partial charge >= 0.3 is 6.18 Å². The van der Waals surface area contributed by atoms with Gasteiger partial charge in [-0.3, -0.25) is 0 Å². The molecule has 0 spiro atoms. The van der Waals surface area contributed by atoms with Crippen molar-refractivity contribution in [2.24, 2.45) is 0 Å². The lowest BCUT2D eigenvalue weighted by Crippen LogP contribution is -2.04. The molecule has 102 valence electrons. The van der Waals surface area contributed by atoms with E-state index < -0.39 is 17.6 Å². The van der Waals surface area contributed by atoms with Gasteiger partial charge in [0.05, 0.1) is 5.56 Å². The van der Waals surface area contributed by atoms with Crippen LogP contribution < -0.4 is 0 Å². The number of fused-ring (bicyclic) bond motifs is 1. The summed E-state index contributed by atoms with van der Waals surface area (Å²) < 4.78 is 55.7. The third kappa shape index (κ3) is 2.22. The van der Waals surface area contributed by atoms with Crippen LogP contribution in [-0.2, 0) is 6.18 Å². The average molecular weight is 282 g/mol. The lowest BCUT2D eigenvalue weighted by Gasteiger charge is -2.03. The van der Waals surface area contributed by atoms with Gasteiger partial charge in [0.1, 0.15) is 11.3 Å². The molecule has 0 radical (unpaired) electrons. The zero-order valence-corrected chi connectivity index (χ0v) is 9.78. The molecule has 7 heteroatoms. The summed E-state index contributed by atoms with van der Waals surface area (Å²) >= 11 is 0. The first-order chi connectivity index (χ1) is 9.43. The van der Waals surface area contributed by atoms with E-state index in [0.29, 0.717) is 11.8 Å². The minimum absolute atomic E-state index is 0.000787. The molecule has 0 aliphatic carbocycles. The summed E-state index contributed by atoms with van der Waals surface area (Å²) in [4.78, 5) is 7.52. The van der Waals surface area contributed by atoms with Crippen LogP contribution in [0.5, 0.6) is 0 Å². The summed E-state index contributed by atoms with van der Waals surface area (Å²) in [6.45, 7) is 0. The molecular weight excluding hydrogens is 276 g/mol. The fourth-order valence-corrected chi connectivity index (χ4v) is 1.69. The van der Waals surface area contributed by atoms with Gasteiger partial charge in [-0.2, -0.15) is 13.2 Å². The van der Waals surface area contributed by atoms with Crippen molar-refractivity contribution in [3.05, 3.63) is 47.9 Å². The van der Waals surface area contributed by atoms with E-state index in [1.165, 1.54) is 24.3 Å². The quantitative estimate of drug-likeness (QED) is 0.632. The predicted molar refractivity (Wildman–Crippen MR) is 62.2 cm³/mol. The predicted octanol–water partition coefficient (Wildman–Crippen LogP) is 4.05. The monoisotopic (exact) mass is 282 g/mol. The van der Waals surface area contributed by atoms with Crippen LogP contribution in [0.15, 0.2) is 40.9 Å². The summed E-state index contributed by atoms with van der Waals surface area (Å²) in [5.74, 6) is -0.339. The summed E-state index contributed by atoms with van der Waals surface area (Å²) in [7, 11) is 0. The molecule has 0 aliphatic heterocycles. The number of benzene rings is 1. The van der Waals surface area contributed by atoms with Crippen LogP contribution in [0.4, 0.5) is 17.6 Å². The van der Waals surface area contributed by atoms with E-state index in [0.717, 1.165) is 6.07 Å². The number of hydrogen-bond donors (Lipinski definition) is 0. The first-order valence-corrected chi connectivity index (χ1v) is 5.53. The molecule has 3 aromatic rings. The Morgan fingerprint density at radius 1 is 1.05 bits per heavy atom. The molecular formula is C13H6F4N2O. The highest BCUT2D eigenvalue weighted by molar-refractivity contribution is 5.73. The van der Waals surface area contributed by atoms with Crippen LogP contribution in [0.2, 0.25) is 0 Å². The normalized spacial score (nSPS) is 12.0. The van der Waals surface area contributed by atoms with Crippen LogP contribution in [0.25, 0.3) is 22.7 Å².